The Balaban J connectivity index is 1.84. The molecule has 0 aliphatic carbocycles. The predicted molar refractivity (Wildman–Crippen MR) is 101 cm³/mol. The minimum absolute atomic E-state index is 0.255. The number of carbonyl (C=O) groups is 1. The first-order valence-corrected chi connectivity index (χ1v) is 8.79. The van der Waals surface area contributed by atoms with Crippen molar-refractivity contribution in [3.63, 3.8) is 0 Å². The lowest BCUT2D eigenvalue weighted by Crippen LogP contribution is -2.12. The molecule has 1 N–H and O–H groups in total. The summed E-state index contributed by atoms with van der Waals surface area (Å²) in [6.45, 7) is 4.94. The monoisotopic (exact) mass is 348 g/mol. The van der Waals surface area contributed by atoms with E-state index in [4.69, 9.17) is 9.40 Å². The Morgan fingerprint density at radius 3 is 2.92 bits per heavy atom. The van der Waals surface area contributed by atoms with Gasteiger partial charge in [0, 0.05) is 11.9 Å². The van der Waals surface area contributed by atoms with Gasteiger partial charge in [-0.2, -0.15) is 5.10 Å². The van der Waals surface area contributed by atoms with Crippen LogP contribution in [0.3, 0.4) is 0 Å². The Hall–Kier alpha value is -3.15. The third-order valence-electron chi connectivity index (χ3n) is 4.45. The van der Waals surface area contributed by atoms with Crippen molar-refractivity contribution in [2.75, 3.05) is 5.32 Å². The van der Waals surface area contributed by atoms with Crippen LogP contribution in [0.25, 0.3) is 21.9 Å². The molecule has 0 aliphatic rings. The molecule has 0 saturated carbocycles. The number of hydrogen-bond acceptors (Lipinski definition) is 4. The molecule has 1 amide bonds. The van der Waals surface area contributed by atoms with Crippen LogP contribution in [-0.4, -0.2) is 20.7 Å². The van der Waals surface area contributed by atoms with E-state index in [0.29, 0.717) is 5.82 Å². The molecule has 3 aromatic heterocycles. The van der Waals surface area contributed by atoms with E-state index in [0.717, 1.165) is 46.9 Å². The molecule has 0 radical (unpaired) electrons. The number of aromatic nitrogens is 3. The first-order chi connectivity index (χ1) is 12.7. The number of anilines is 1. The fourth-order valence-electron chi connectivity index (χ4n) is 3.06. The van der Waals surface area contributed by atoms with Gasteiger partial charge in [-0.05, 0) is 37.1 Å². The largest absolute Gasteiger partial charge is 0.459 e. The van der Waals surface area contributed by atoms with E-state index < -0.39 is 0 Å². The van der Waals surface area contributed by atoms with Crippen molar-refractivity contribution in [2.45, 2.75) is 33.2 Å². The molecule has 6 heteroatoms. The van der Waals surface area contributed by atoms with Crippen LogP contribution in [0.4, 0.5) is 5.82 Å². The Kier molecular flexibility index (Phi) is 4.16. The summed E-state index contributed by atoms with van der Waals surface area (Å²) in [5.74, 6) is 0.445. The van der Waals surface area contributed by atoms with Crippen molar-refractivity contribution in [1.29, 1.82) is 0 Å². The third-order valence-corrected chi connectivity index (χ3v) is 4.45. The summed E-state index contributed by atoms with van der Waals surface area (Å²) in [5.41, 5.74) is 2.87. The van der Waals surface area contributed by atoms with Crippen LogP contribution in [0.2, 0.25) is 0 Å². The molecule has 0 saturated heterocycles. The predicted octanol–water partition coefficient (Wildman–Crippen LogP) is 4.54. The molecule has 1 aromatic carbocycles. The number of hydrogen-bond donors (Lipinski definition) is 1. The lowest BCUT2D eigenvalue weighted by Gasteiger charge is -2.04. The maximum Gasteiger partial charge on any atom is 0.292 e. The fourth-order valence-corrected chi connectivity index (χ4v) is 3.06. The van der Waals surface area contributed by atoms with Gasteiger partial charge in [-0.15, -0.1) is 0 Å². The minimum atomic E-state index is -0.318. The van der Waals surface area contributed by atoms with Gasteiger partial charge in [0.2, 0.25) is 0 Å². The molecule has 0 aliphatic heterocycles. The zero-order valence-corrected chi connectivity index (χ0v) is 14.8. The van der Waals surface area contributed by atoms with E-state index in [-0.39, 0.29) is 11.7 Å². The first kappa shape index (κ1) is 16.3. The molecule has 3 heterocycles. The molecule has 0 atom stereocenters. The normalized spacial score (nSPS) is 11.3. The summed E-state index contributed by atoms with van der Waals surface area (Å²) in [6.07, 6.45) is 3.53. The molecule has 0 bridgehead atoms. The van der Waals surface area contributed by atoms with Crippen LogP contribution in [0.5, 0.6) is 0 Å². The number of aryl methyl sites for hydroxylation is 2. The summed E-state index contributed by atoms with van der Waals surface area (Å²) in [5, 5.41) is 9.33. The highest BCUT2D eigenvalue weighted by molar-refractivity contribution is 6.07. The third kappa shape index (κ3) is 2.83. The van der Waals surface area contributed by atoms with Gasteiger partial charge in [-0.3, -0.25) is 4.79 Å². The summed E-state index contributed by atoms with van der Waals surface area (Å²) in [6, 6.07) is 11.4. The summed E-state index contributed by atoms with van der Waals surface area (Å²) < 4.78 is 7.05. The zero-order valence-electron chi connectivity index (χ0n) is 14.8. The number of nitrogens with zero attached hydrogens (tertiary/aromatic N) is 3. The molecule has 0 spiro atoms. The SMILES string of the molecule is CCCCn1nc(NC(=O)c2ccco2)c2cc3cccc(C)c3nc21. The highest BCUT2D eigenvalue weighted by Gasteiger charge is 2.17. The van der Waals surface area contributed by atoms with Crippen molar-refractivity contribution in [2.24, 2.45) is 0 Å². The average molecular weight is 348 g/mol. The van der Waals surface area contributed by atoms with Crippen molar-refractivity contribution in [3.05, 3.63) is 54.0 Å². The molecule has 4 aromatic rings. The Morgan fingerprint density at radius 2 is 2.15 bits per heavy atom. The smallest absolute Gasteiger partial charge is 0.292 e. The van der Waals surface area contributed by atoms with Gasteiger partial charge < -0.3 is 9.73 Å². The second-order valence-electron chi connectivity index (χ2n) is 6.36. The second kappa shape index (κ2) is 6.63. The average Bonchev–Trinajstić information content (AvgIpc) is 3.28. The van der Waals surface area contributed by atoms with Crippen LogP contribution in [0, 0.1) is 6.92 Å². The number of rotatable bonds is 5. The van der Waals surface area contributed by atoms with E-state index in [9.17, 15) is 4.79 Å². The number of amides is 1. The highest BCUT2D eigenvalue weighted by Crippen LogP contribution is 2.28. The van der Waals surface area contributed by atoms with Crippen LogP contribution in [0.15, 0.2) is 47.1 Å². The standard InChI is InChI=1S/C20H20N4O2/c1-3-4-10-24-19-15(12-14-8-5-7-13(2)17(14)21-19)18(23-24)22-20(25)16-9-6-11-26-16/h5-9,11-12H,3-4,10H2,1-2H3,(H,22,23,25). The Labute approximate surface area is 150 Å². The Morgan fingerprint density at radius 1 is 1.27 bits per heavy atom. The van der Waals surface area contributed by atoms with Gasteiger partial charge in [0.05, 0.1) is 17.2 Å². The molecule has 26 heavy (non-hydrogen) atoms. The van der Waals surface area contributed by atoms with Crippen LogP contribution in [0.1, 0.15) is 35.9 Å². The summed E-state index contributed by atoms with van der Waals surface area (Å²) in [4.78, 5) is 17.2. The topological polar surface area (TPSA) is 73.0 Å². The number of para-hydroxylation sites is 1. The molecule has 0 unspecified atom stereocenters. The molecular weight excluding hydrogens is 328 g/mol. The number of nitrogens with one attached hydrogen (secondary N) is 1. The van der Waals surface area contributed by atoms with E-state index in [1.165, 1.54) is 6.26 Å². The quantitative estimate of drug-likeness (QED) is 0.575. The fraction of sp³-hybridized carbons (Fsp3) is 0.250. The lowest BCUT2D eigenvalue weighted by molar-refractivity contribution is 0.0996. The van der Waals surface area contributed by atoms with Crippen molar-refractivity contribution in [1.82, 2.24) is 14.8 Å². The van der Waals surface area contributed by atoms with Crippen molar-refractivity contribution in [3.8, 4) is 0 Å². The first-order valence-electron chi connectivity index (χ1n) is 8.79. The minimum Gasteiger partial charge on any atom is -0.459 e. The second-order valence-corrected chi connectivity index (χ2v) is 6.36. The van der Waals surface area contributed by atoms with E-state index in [2.05, 4.69) is 17.3 Å². The van der Waals surface area contributed by atoms with Gasteiger partial charge in [-0.25, -0.2) is 9.67 Å². The molecule has 132 valence electrons. The van der Waals surface area contributed by atoms with E-state index in [1.807, 2.05) is 35.9 Å². The van der Waals surface area contributed by atoms with Gasteiger partial charge in [0.25, 0.3) is 5.91 Å². The van der Waals surface area contributed by atoms with E-state index in [1.54, 1.807) is 12.1 Å². The number of carbonyl (C=O) groups excluding carboxylic acids is 1. The number of fused-ring (bicyclic) bond motifs is 2. The van der Waals surface area contributed by atoms with Gasteiger partial charge in [0.1, 0.15) is 0 Å². The van der Waals surface area contributed by atoms with Gasteiger partial charge in [-0.1, -0.05) is 31.5 Å². The highest BCUT2D eigenvalue weighted by atomic mass is 16.3. The number of benzene rings is 1. The summed E-state index contributed by atoms with van der Waals surface area (Å²) >= 11 is 0. The number of pyridine rings is 1. The molecular formula is C20H20N4O2. The van der Waals surface area contributed by atoms with Crippen LogP contribution < -0.4 is 5.32 Å². The van der Waals surface area contributed by atoms with Gasteiger partial charge in [0.15, 0.2) is 17.2 Å². The van der Waals surface area contributed by atoms with Crippen molar-refractivity contribution < 1.29 is 9.21 Å². The van der Waals surface area contributed by atoms with Gasteiger partial charge >= 0.3 is 0 Å². The summed E-state index contributed by atoms with van der Waals surface area (Å²) in [7, 11) is 0. The van der Waals surface area contributed by atoms with E-state index >= 15 is 0 Å². The van der Waals surface area contributed by atoms with Crippen molar-refractivity contribution >= 4 is 33.7 Å². The Bertz CT molecular complexity index is 1080. The number of furan rings is 1. The maximum atomic E-state index is 12.4. The zero-order chi connectivity index (χ0) is 18.1. The van der Waals surface area contributed by atoms with Crippen LogP contribution >= 0.6 is 0 Å². The maximum absolute atomic E-state index is 12.4. The van der Waals surface area contributed by atoms with Crippen LogP contribution in [-0.2, 0) is 6.54 Å². The lowest BCUT2D eigenvalue weighted by atomic mass is 10.1. The number of unbranched alkanes of at least 4 members (excludes halogenated alkanes) is 1. The molecule has 6 nitrogen and oxygen atoms in total. The molecule has 0 fully saturated rings. The molecule has 4 rings (SSSR count).